The van der Waals surface area contributed by atoms with E-state index in [1.807, 2.05) is 41.2 Å². The smallest absolute Gasteiger partial charge is 0.255 e. The average Bonchev–Trinajstić information content (AvgIpc) is 3.43. The van der Waals surface area contributed by atoms with Crippen molar-refractivity contribution in [3.8, 4) is 0 Å². The van der Waals surface area contributed by atoms with E-state index in [0.29, 0.717) is 13.1 Å². The summed E-state index contributed by atoms with van der Waals surface area (Å²) < 4.78 is 6.13. The molecule has 0 saturated carbocycles. The van der Waals surface area contributed by atoms with Crippen LogP contribution in [0.4, 0.5) is 0 Å². The maximum absolute atomic E-state index is 13.1. The Morgan fingerprint density at radius 3 is 2.76 bits per heavy atom. The molecule has 0 radical (unpaired) electrons. The molecule has 1 atom stereocenters. The molecule has 29 heavy (non-hydrogen) atoms. The molecule has 4 heterocycles. The van der Waals surface area contributed by atoms with Gasteiger partial charge in [-0.2, -0.15) is 0 Å². The second-order valence-corrected chi connectivity index (χ2v) is 8.84. The van der Waals surface area contributed by atoms with Crippen LogP contribution in [0, 0.1) is 0 Å². The molecule has 8 nitrogen and oxygen atoms in total. The molecule has 1 unspecified atom stereocenters. The van der Waals surface area contributed by atoms with Crippen LogP contribution in [0.2, 0.25) is 0 Å². The van der Waals surface area contributed by atoms with E-state index in [4.69, 9.17) is 0 Å². The Labute approximate surface area is 171 Å². The molecule has 0 bridgehead atoms. The van der Waals surface area contributed by atoms with Crippen molar-refractivity contribution < 1.29 is 4.79 Å². The summed E-state index contributed by atoms with van der Waals surface area (Å²) in [6.07, 6.45) is 11.4. The number of likely N-dealkylation sites (tertiary alicyclic amines) is 1. The SMILES string of the molecule is Cn1c(Cn2ccnc2)nnc1C1CCCN(C(=O)c2ccn(C(C)(C)C)c2)C1. The van der Waals surface area contributed by atoms with Gasteiger partial charge in [-0.3, -0.25) is 4.79 Å². The number of carbonyl (C=O) groups excluding carboxylic acids is 1. The van der Waals surface area contributed by atoms with Crippen molar-refractivity contribution in [2.45, 2.75) is 51.6 Å². The van der Waals surface area contributed by atoms with Crippen molar-refractivity contribution in [1.82, 2.24) is 33.8 Å². The molecule has 1 amide bonds. The highest BCUT2D eigenvalue weighted by molar-refractivity contribution is 5.94. The Bertz CT molecular complexity index is 977. The Morgan fingerprint density at radius 1 is 1.24 bits per heavy atom. The molecule has 4 rings (SSSR count). The summed E-state index contributed by atoms with van der Waals surface area (Å²) in [7, 11) is 2.01. The third-order valence-electron chi connectivity index (χ3n) is 5.67. The van der Waals surface area contributed by atoms with Crippen LogP contribution >= 0.6 is 0 Å². The molecule has 0 aliphatic carbocycles. The van der Waals surface area contributed by atoms with Gasteiger partial charge in [0.15, 0.2) is 5.82 Å². The van der Waals surface area contributed by atoms with Crippen molar-refractivity contribution in [2.24, 2.45) is 7.05 Å². The maximum atomic E-state index is 13.1. The molecule has 3 aromatic heterocycles. The minimum Gasteiger partial charge on any atom is -0.348 e. The van der Waals surface area contributed by atoms with Gasteiger partial charge in [-0.15, -0.1) is 10.2 Å². The molecule has 3 aromatic rings. The first kappa shape index (κ1) is 19.4. The summed E-state index contributed by atoms with van der Waals surface area (Å²) in [5.41, 5.74) is 0.715. The highest BCUT2D eigenvalue weighted by atomic mass is 16.2. The lowest BCUT2D eigenvalue weighted by Gasteiger charge is -2.32. The number of piperidine rings is 1. The van der Waals surface area contributed by atoms with E-state index >= 15 is 0 Å². The first-order valence-electron chi connectivity index (χ1n) is 10.1. The maximum Gasteiger partial charge on any atom is 0.255 e. The van der Waals surface area contributed by atoms with Crippen molar-refractivity contribution in [3.05, 3.63) is 54.4 Å². The van der Waals surface area contributed by atoms with Gasteiger partial charge in [-0.05, 0) is 39.7 Å². The quantitative estimate of drug-likeness (QED) is 0.681. The van der Waals surface area contributed by atoms with Crippen LogP contribution in [0.5, 0.6) is 0 Å². The van der Waals surface area contributed by atoms with E-state index in [0.717, 1.165) is 36.6 Å². The van der Waals surface area contributed by atoms with Crippen LogP contribution in [-0.4, -0.2) is 52.8 Å². The number of amides is 1. The molecule has 1 aliphatic heterocycles. The van der Waals surface area contributed by atoms with E-state index in [1.54, 1.807) is 12.5 Å². The number of imidazole rings is 1. The van der Waals surface area contributed by atoms with Gasteiger partial charge in [0.25, 0.3) is 5.91 Å². The van der Waals surface area contributed by atoms with Crippen molar-refractivity contribution in [1.29, 1.82) is 0 Å². The molecular formula is C21H29N7O. The zero-order valence-electron chi connectivity index (χ0n) is 17.6. The molecule has 154 valence electrons. The average molecular weight is 396 g/mol. The number of nitrogens with zero attached hydrogens (tertiary/aromatic N) is 7. The normalized spacial score (nSPS) is 17.7. The Morgan fingerprint density at radius 2 is 2.07 bits per heavy atom. The van der Waals surface area contributed by atoms with E-state index in [1.165, 1.54) is 0 Å². The summed E-state index contributed by atoms with van der Waals surface area (Å²) in [5.74, 6) is 2.14. The largest absolute Gasteiger partial charge is 0.348 e. The summed E-state index contributed by atoms with van der Waals surface area (Å²) in [6, 6.07) is 1.92. The van der Waals surface area contributed by atoms with E-state index in [9.17, 15) is 4.79 Å². The molecule has 1 aliphatic rings. The van der Waals surface area contributed by atoms with Gasteiger partial charge >= 0.3 is 0 Å². The van der Waals surface area contributed by atoms with Gasteiger partial charge in [-0.25, -0.2) is 4.98 Å². The van der Waals surface area contributed by atoms with Gasteiger partial charge in [0.05, 0.1) is 18.4 Å². The monoisotopic (exact) mass is 395 g/mol. The van der Waals surface area contributed by atoms with Gasteiger partial charge < -0.3 is 18.6 Å². The van der Waals surface area contributed by atoms with Crippen molar-refractivity contribution >= 4 is 5.91 Å². The molecule has 0 N–H and O–H groups in total. The fourth-order valence-corrected chi connectivity index (χ4v) is 3.91. The summed E-state index contributed by atoms with van der Waals surface area (Å²) >= 11 is 0. The molecule has 1 fully saturated rings. The van der Waals surface area contributed by atoms with Crippen LogP contribution in [-0.2, 0) is 19.1 Å². The topological polar surface area (TPSA) is 73.8 Å². The molecule has 1 saturated heterocycles. The minimum absolute atomic E-state index is 0.0345. The van der Waals surface area contributed by atoms with E-state index in [-0.39, 0.29) is 17.4 Å². The Hall–Kier alpha value is -2.90. The van der Waals surface area contributed by atoms with Crippen LogP contribution < -0.4 is 0 Å². The molecule has 0 spiro atoms. The first-order valence-corrected chi connectivity index (χ1v) is 10.1. The first-order chi connectivity index (χ1) is 13.8. The predicted molar refractivity (Wildman–Crippen MR) is 110 cm³/mol. The van der Waals surface area contributed by atoms with Gasteiger partial charge in [0.1, 0.15) is 5.82 Å². The fourth-order valence-electron chi connectivity index (χ4n) is 3.91. The molecular weight excluding hydrogens is 366 g/mol. The second-order valence-electron chi connectivity index (χ2n) is 8.84. The van der Waals surface area contributed by atoms with Crippen molar-refractivity contribution in [3.63, 3.8) is 0 Å². The molecule has 0 aromatic carbocycles. The summed E-state index contributed by atoms with van der Waals surface area (Å²) in [4.78, 5) is 19.1. The highest BCUT2D eigenvalue weighted by Crippen LogP contribution is 2.27. The van der Waals surface area contributed by atoms with E-state index in [2.05, 4.69) is 45.1 Å². The number of carbonyl (C=O) groups is 1. The number of rotatable bonds is 4. The van der Waals surface area contributed by atoms with Gasteiger partial charge in [0.2, 0.25) is 0 Å². The summed E-state index contributed by atoms with van der Waals surface area (Å²) in [5, 5.41) is 8.84. The van der Waals surface area contributed by atoms with Crippen LogP contribution in [0.25, 0.3) is 0 Å². The third kappa shape index (κ3) is 3.97. The van der Waals surface area contributed by atoms with Gasteiger partial charge in [-0.1, -0.05) is 0 Å². The zero-order valence-corrected chi connectivity index (χ0v) is 17.6. The number of hydrogen-bond acceptors (Lipinski definition) is 4. The van der Waals surface area contributed by atoms with E-state index < -0.39 is 0 Å². The summed E-state index contributed by atoms with van der Waals surface area (Å²) in [6.45, 7) is 8.50. The lowest BCUT2D eigenvalue weighted by molar-refractivity contribution is 0.0703. The lowest BCUT2D eigenvalue weighted by Crippen LogP contribution is -2.39. The Kier molecular flexibility index (Phi) is 5.02. The minimum atomic E-state index is -0.0345. The zero-order chi connectivity index (χ0) is 20.6. The Balaban J connectivity index is 1.48. The third-order valence-corrected chi connectivity index (χ3v) is 5.67. The predicted octanol–water partition coefficient (Wildman–Crippen LogP) is 2.64. The van der Waals surface area contributed by atoms with Crippen LogP contribution in [0.15, 0.2) is 37.2 Å². The number of hydrogen-bond donors (Lipinski definition) is 0. The molecule has 8 heteroatoms. The van der Waals surface area contributed by atoms with Gasteiger partial charge in [0, 0.05) is 56.4 Å². The highest BCUT2D eigenvalue weighted by Gasteiger charge is 2.29. The van der Waals surface area contributed by atoms with Crippen LogP contribution in [0.3, 0.4) is 0 Å². The standard InChI is InChI=1S/C21H29N7O/c1-21(2,3)28-10-7-17(13-28)20(29)27-9-5-6-16(12-27)19-24-23-18(25(19)4)14-26-11-8-22-15-26/h7-8,10-11,13,15-16H,5-6,9,12,14H2,1-4H3. The second kappa shape index (κ2) is 7.50. The lowest BCUT2D eigenvalue weighted by atomic mass is 9.96. The van der Waals surface area contributed by atoms with Crippen LogP contribution in [0.1, 0.15) is 61.5 Å². The fraction of sp³-hybridized carbons (Fsp3) is 0.524. The number of aromatic nitrogens is 6. The van der Waals surface area contributed by atoms with Crippen molar-refractivity contribution in [2.75, 3.05) is 13.1 Å².